The molecule has 0 saturated heterocycles. The van der Waals surface area contributed by atoms with Gasteiger partial charge in [-0.3, -0.25) is 0 Å². The Bertz CT molecular complexity index is 581. The molecular weight excluding hydrogens is 238 g/mol. The fraction of sp³-hybridized carbons (Fsp3) is 0.250. The van der Waals surface area contributed by atoms with Crippen molar-refractivity contribution in [3.63, 3.8) is 0 Å². The molecule has 19 heavy (non-hydrogen) atoms. The van der Waals surface area contributed by atoms with Gasteiger partial charge in [-0.25, -0.2) is 0 Å². The predicted octanol–water partition coefficient (Wildman–Crippen LogP) is 3.59. The molecule has 1 aliphatic heterocycles. The normalized spacial score (nSPS) is 12.5. The summed E-state index contributed by atoms with van der Waals surface area (Å²) in [5.41, 5.74) is 3.63. The lowest BCUT2D eigenvalue weighted by atomic mass is 10.1. The lowest BCUT2D eigenvalue weighted by Crippen LogP contribution is -2.03. The quantitative estimate of drug-likeness (QED) is 0.905. The van der Waals surface area contributed by atoms with Gasteiger partial charge in [0.05, 0.1) is 0 Å². The predicted molar refractivity (Wildman–Crippen MR) is 75.7 cm³/mol. The van der Waals surface area contributed by atoms with Crippen molar-refractivity contribution in [3.05, 3.63) is 53.6 Å². The highest BCUT2D eigenvalue weighted by Gasteiger charge is 2.16. The fourth-order valence-electron chi connectivity index (χ4n) is 2.32. The molecule has 0 bridgehead atoms. The van der Waals surface area contributed by atoms with Crippen molar-refractivity contribution in [1.82, 2.24) is 0 Å². The molecule has 0 radical (unpaired) electrons. The average molecular weight is 255 g/mol. The zero-order valence-corrected chi connectivity index (χ0v) is 11.0. The summed E-state index contributed by atoms with van der Waals surface area (Å²) in [6.45, 7) is 3.22. The molecule has 0 saturated carbocycles. The standard InChI is InChI=1S/C16H17NO2/c1-2-12-6-3-4-8-14(12)17-10-13-7-5-9-15-16(13)19-11-18-15/h3-9,17H,2,10-11H2,1H3. The first-order valence-corrected chi connectivity index (χ1v) is 6.57. The largest absolute Gasteiger partial charge is 0.454 e. The molecule has 0 spiro atoms. The van der Waals surface area contributed by atoms with E-state index in [0.29, 0.717) is 6.79 Å². The number of fused-ring (bicyclic) bond motifs is 1. The molecule has 0 atom stereocenters. The lowest BCUT2D eigenvalue weighted by molar-refractivity contribution is 0.173. The van der Waals surface area contributed by atoms with Crippen molar-refractivity contribution in [3.8, 4) is 11.5 Å². The van der Waals surface area contributed by atoms with Crippen LogP contribution < -0.4 is 14.8 Å². The van der Waals surface area contributed by atoms with Gasteiger partial charge >= 0.3 is 0 Å². The Kier molecular flexibility index (Phi) is 3.27. The minimum absolute atomic E-state index is 0.317. The highest BCUT2D eigenvalue weighted by molar-refractivity contribution is 5.54. The van der Waals surface area contributed by atoms with E-state index in [1.165, 1.54) is 11.3 Å². The van der Waals surface area contributed by atoms with E-state index in [2.05, 4.69) is 42.6 Å². The van der Waals surface area contributed by atoms with E-state index in [1.807, 2.05) is 12.1 Å². The third-order valence-corrected chi connectivity index (χ3v) is 3.35. The van der Waals surface area contributed by atoms with E-state index in [9.17, 15) is 0 Å². The number of aryl methyl sites for hydroxylation is 1. The molecular formula is C16H17NO2. The average Bonchev–Trinajstić information content (AvgIpc) is 2.94. The van der Waals surface area contributed by atoms with Gasteiger partial charge < -0.3 is 14.8 Å². The molecule has 0 fully saturated rings. The summed E-state index contributed by atoms with van der Waals surface area (Å²) in [5.74, 6) is 1.70. The molecule has 1 heterocycles. The Morgan fingerprint density at radius 3 is 2.74 bits per heavy atom. The maximum Gasteiger partial charge on any atom is 0.231 e. The number of anilines is 1. The zero-order valence-electron chi connectivity index (χ0n) is 11.0. The topological polar surface area (TPSA) is 30.5 Å². The Hall–Kier alpha value is -2.16. The summed E-state index contributed by atoms with van der Waals surface area (Å²) in [7, 11) is 0. The second kappa shape index (κ2) is 5.22. The number of ether oxygens (including phenoxy) is 2. The van der Waals surface area contributed by atoms with Crippen LogP contribution in [0.5, 0.6) is 11.5 Å². The Morgan fingerprint density at radius 1 is 1.00 bits per heavy atom. The molecule has 0 unspecified atom stereocenters. The van der Waals surface area contributed by atoms with E-state index in [-0.39, 0.29) is 0 Å². The Labute approximate surface area is 113 Å². The molecule has 98 valence electrons. The van der Waals surface area contributed by atoms with Crippen LogP contribution in [0, 0.1) is 0 Å². The van der Waals surface area contributed by atoms with Gasteiger partial charge in [0.1, 0.15) is 0 Å². The number of hydrogen-bond acceptors (Lipinski definition) is 3. The third-order valence-electron chi connectivity index (χ3n) is 3.35. The van der Waals surface area contributed by atoms with Gasteiger partial charge in [-0.15, -0.1) is 0 Å². The van der Waals surface area contributed by atoms with Gasteiger partial charge in [0.25, 0.3) is 0 Å². The van der Waals surface area contributed by atoms with Crippen LogP contribution in [0.25, 0.3) is 0 Å². The highest BCUT2D eigenvalue weighted by atomic mass is 16.7. The maximum absolute atomic E-state index is 5.51. The van der Waals surface area contributed by atoms with Gasteiger partial charge in [0, 0.05) is 17.8 Å². The summed E-state index contributed by atoms with van der Waals surface area (Å²) < 4.78 is 10.9. The van der Waals surface area contributed by atoms with Crippen molar-refractivity contribution in [1.29, 1.82) is 0 Å². The van der Waals surface area contributed by atoms with Gasteiger partial charge in [-0.1, -0.05) is 37.3 Å². The van der Waals surface area contributed by atoms with Crippen LogP contribution in [0.2, 0.25) is 0 Å². The van der Waals surface area contributed by atoms with Crippen LogP contribution in [0.4, 0.5) is 5.69 Å². The molecule has 1 aliphatic rings. The smallest absolute Gasteiger partial charge is 0.231 e. The van der Waals surface area contributed by atoms with Crippen LogP contribution in [-0.4, -0.2) is 6.79 Å². The summed E-state index contributed by atoms with van der Waals surface area (Å²) >= 11 is 0. The Morgan fingerprint density at radius 2 is 1.84 bits per heavy atom. The summed E-state index contributed by atoms with van der Waals surface area (Å²) in [6.07, 6.45) is 1.02. The van der Waals surface area contributed by atoms with E-state index in [4.69, 9.17) is 9.47 Å². The second-order valence-corrected chi connectivity index (χ2v) is 4.52. The maximum atomic E-state index is 5.51. The van der Waals surface area contributed by atoms with Gasteiger partial charge in [0.15, 0.2) is 11.5 Å². The number of benzene rings is 2. The molecule has 2 aromatic rings. The van der Waals surface area contributed by atoms with E-state index in [0.717, 1.165) is 30.0 Å². The number of rotatable bonds is 4. The lowest BCUT2D eigenvalue weighted by Gasteiger charge is -2.12. The van der Waals surface area contributed by atoms with Crippen LogP contribution in [0.15, 0.2) is 42.5 Å². The minimum atomic E-state index is 0.317. The van der Waals surface area contributed by atoms with Gasteiger partial charge in [-0.2, -0.15) is 0 Å². The van der Waals surface area contributed by atoms with E-state index in [1.54, 1.807) is 0 Å². The van der Waals surface area contributed by atoms with Gasteiger partial charge in [0.2, 0.25) is 6.79 Å². The molecule has 3 rings (SSSR count). The number of para-hydroxylation sites is 2. The van der Waals surface area contributed by atoms with Gasteiger partial charge in [-0.05, 0) is 24.1 Å². The first-order valence-electron chi connectivity index (χ1n) is 6.57. The van der Waals surface area contributed by atoms with Crippen molar-refractivity contribution < 1.29 is 9.47 Å². The molecule has 1 N–H and O–H groups in total. The highest BCUT2D eigenvalue weighted by Crippen LogP contribution is 2.35. The number of nitrogens with one attached hydrogen (secondary N) is 1. The third kappa shape index (κ3) is 2.36. The molecule has 2 aromatic carbocycles. The minimum Gasteiger partial charge on any atom is -0.454 e. The number of hydrogen-bond donors (Lipinski definition) is 1. The molecule has 3 heteroatoms. The first-order chi connectivity index (χ1) is 9.38. The van der Waals surface area contributed by atoms with Crippen LogP contribution >= 0.6 is 0 Å². The monoisotopic (exact) mass is 255 g/mol. The van der Waals surface area contributed by atoms with Crippen LogP contribution in [-0.2, 0) is 13.0 Å². The summed E-state index contributed by atoms with van der Waals surface area (Å²) in [4.78, 5) is 0. The van der Waals surface area contributed by atoms with E-state index >= 15 is 0 Å². The Balaban J connectivity index is 1.78. The second-order valence-electron chi connectivity index (χ2n) is 4.52. The molecule has 0 aliphatic carbocycles. The molecule has 0 aromatic heterocycles. The summed E-state index contributed by atoms with van der Waals surface area (Å²) in [6, 6.07) is 14.4. The van der Waals surface area contributed by atoms with E-state index < -0.39 is 0 Å². The zero-order chi connectivity index (χ0) is 13.1. The van der Waals surface area contributed by atoms with Crippen molar-refractivity contribution in [2.45, 2.75) is 19.9 Å². The first kappa shape index (κ1) is 11.9. The summed E-state index contributed by atoms with van der Waals surface area (Å²) in [5, 5.41) is 3.47. The van der Waals surface area contributed by atoms with Crippen molar-refractivity contribution >= 4 is 5.69 Å². The van der Waals surface area contributed by atoms with Crippen LogP contribution in [0.3, 0.4) is 0 Å². The fourth-order valence-corrected chi connectivity index (χ4v) is 2.32. The van der Waals surface area contributed by atoms with Crippen LogP contribution in [0.1, 0.15) is 18.1 Å². The van der Waals surface area contributed by atoms with Crippen molar-refractivity contribution in [2.75, 3.05) is 12.1 Å². The molecule has 0 amide bonds. The SMILES string of the molecule is CCc1ccccc1NCc1cccc2c1OCO2. The van der Waals surface area contributed by atoms with Crippen molar-refractivity contribution in [2.24, 2.45) is 0 Å². The molecule has 3 nitrogen and oxygen atoms in total.